The maximum absolute atomic E-state index is 12.2. The van der Waals surface area contributed by atoms with Crippen LogP contribution in [0.2, 0.25) is 0 Å². The quantitative estimate of drug-likeness (QED) is 0.841. The molecule has 3 rings (SSSR count). The van der Waals surface area contributed by atoms with Gasteiger partial charge in [0, 0.05) is 19.0 Å². The van der Waals surface area contributed by atoms with Gasteiger partial charge in [0.2, 0.25) is 5.89 Å². The molecule has 0 aliphatic carbocycles. The van der Waals surface area contributed by atoms with Crippen LogP contribution < -0.4 is 0 Å². The summed E-state index contributed by atoms with van der Waals surface area (Å²) in [5, 5.41) is 3.81. The Labute approximate surface area is 124 Å². The van der Waals surface area contributed by atoms with Gasteiger partial charge in [0.25, 0.3) is 5.91 Å². The van der Waals surface area contributed by atoms with E-state index in [1.165, 1.54) is 0 Å². The van der Waals surface area contributed by atoms with Crippen molar-refractivity contribution in [1.82, 2.24) is 15.0 Å². The number of carbonyl (C=O) groups excluding carboxylic acids is 1. The highest BCUT2D eigenvalue weighted by Gasteiger charge is 2.28. The lowest BCUT2D eigenvalue weighted by atomic mass is 9.96. The zero-order valence-corrected chi connectivity index (χ0v) is 12.6. The first-order chi connectivity index (χ1) is 9.63. The van der Waals surface area contributed by atoms with Gasteiger partial charge in [0.05, 0.1) is 0 Å². The van der Waals surface area contributed by atoms with E-state index in [1.54, 1.807) is 24.0 Å². The highest BCUT2D eigenvalue weighted by Crippen LogP contribution is 2.27. The maximum atomic E-state index is 12.2. The first-order valence-electron chi connectivity index (χ1n) is 6.48. The molecule has 1 saturated heterocycles. The number of furan rings is 1. The fraction of sp³-hybridized carbons (Fsp3) is 0.462. The fourth-order valence-electron chi connectivity index (χ4n) is 2.39. The fourth-order valence-corrected chi connectivity index (χ4v) is 2.70. The molecule has 1 aliphatic heterocycles. The molecule has 106 valence electrons. The van der Waals surface area contributed by atoms with E-state index in [4.69, 9.17) is 8.94 Å². The molecule has 0 bridgehead atoms. The van der Waals surface area contributed by atoms with Crippen molar-refractivity contribution < 1.29 is 13.7 Å². The minimum atomic E-state index is -0.0733. The summed E-state index contributed by atoms with van der Waals surface area (Å²) in [6.07, 6.45) is 1.66. The van der Waals surface area contributed by atoms with E-state index >= 15 is 0 Å². The van der Waals surface area contributed by atoms with Crippen LogP contribution in [-0.2, 0) is 0 Å². The average molecular weight is 340 g/mol. The Kier molecular flexibility index (Phi) is 3.60. The summed E-state index contributed by atoms with van der Waals surface area (Å²) < 4.78 is 11.1. The third-order valence-corrected chi connectivity index (χ3v) is 3.88. The molecule has 7 heteroatoms. The van der Waals surface area contributed by atoms with Crippen molar-refractivity contribution in [2.45, 2.75) is 25.7 Å². The number of amides is 1. The van der Waals surface area contributed by atoms with Crippen LogP contribution in [0.3, 0.4) is 0 Å². The highest BCUT2D eigenvalue weighted by molar-refractivity contribution is 9.10. The third-order valence-electron chi connectivity index (χ3n) is 3.46. The molecule has 2 aromatic heterocycles. The van der Waals surface area contributed by atoms with Crippen LogP contribution in [0.25, 0.3) is 0 Å². The largest absolute Gasteiger partial charge is 0.444 e. The molecule has 0 aromatic carbocycles. The van der Waals surface area contributed by atoms with E-state index in [9.17, 15) is 4.79 Å². The molecule has 1 aliphatic rings. The van der Waals surface area contributed by atoms with E-state index in [0.29, 0.717) is 35.2 Å². The van der Waals surface area contributed by atoms with E-state index in [-0.39, 0.29) is 11.8 Å². The van der Waals surface area contributed by atoms with E-state index in [2.05, 4.69) is 26.1 Å². The molecule has 0 unspecified atom stereocenters. The molecule has 2 aromatic rings. The lowest BCUT2D eigenvalue weighted by Gasteiger charge is -2.29. The monoisotopic (exact) mass is 339 g/mol. The Morgan fingerprint density at radius 1 is 1.40 bits per heavy atom. The van der Waals surface area contributed by atoms with Gasteiger partial charge in [0.15, 0.2) is 16.3 Å². The molecule has 0 N–H and O–H groups in total. The van der Waals surface area contributed by atoms with Crippen molar-refractivity contribution in [3.8, 4) is 0 Å². The number of nitrogens with zero attached hydrogens (tertiary/aromatic N) is 3. The second-order valence-corrected chi connectivity index (χ2v) is 5.63. The number of hydrogen-bond donors (Lipinski definition) is 0. The van der Waals surface area contributed by atoms with Gasteiger partial charge >= 0.3 is 0 Å². The number of hydrogen-bond acceptors (Lipinski definition) is 5. The van der Waals surface area contributed by atoms with Gasteiger partial charge in [-0.05, 0) is 47.8 Å². The van der Waals surface area contributed by atoms with E-state index in [1.807, 2.05) is 0 Å². The average Bonchev–Trinajstić information content (AvgIpc) is 3.07. The Morgan fingerprint density at radius 2 is 2.15 bits per heavy atom. The minimum Gasteiger partial charge on any atom is -0.444 e. The predicted molar refractivity (Wildman–Crippen MR) is 73.3 cm³/mol. The number of halogens is 1. The second kappa shape index (κ2) is 5.40. The normalized spacial score (nSPS) is 16.6. The number of aromatic nitrogens is 2. The van der Waals surface area contributed by atoms with Gasteiger partial charge in [-0.3, -0.25) is 4.79 Å². The second-order valence-electron chi connectivity index (χ2n) is 4.85. The molecule has 3 heterocycles. The molecule has 6 nitrogen and oxygen atoms in total. The van der Waals surface area contributed by atoms with Crippen molar-refractivity contribution in [3.63, 3.8) is 0 Å². The summed E-state index contributed by atoms with van der Waals surface area (Å²) in [7, 11) is 0. The van der Waals surface area contributed by atoms with E-state index in [0.717, 1.165) is 12.8 Å². The van der Waals surface area contributed by atoms with Gasteiger partial charge in [-0.15, -0.1) is 0 Å². The van der Waals surface area contributed by atoms with Crippen LogP contribution in [0.15, 0.2) is 25.7 Å². The number of aryl methyl sites for hydroxylation is 1. The molecule has 0 atom stereocenters. The van der Waals surface area contributed by atoms with Gasteiger partial charge in [-0.1, -0.05) is 5.16 Å². The SMILES string of the molecule is Cc1noc(C2CCN(C(=O)c3ccc(Br)o3)CC2)n1. The topological polar surface area (TPSA) is 72.4 Å². The number of carbonyl (C=O) groups is 1. The van der Waals surface area contributed by atoms with Gasteiger partial charge in [-0.25, -0.2) is 0 Å². The smallest absolute Gasteiger partial charge is 0.289 e. The molecule has 20 heavy (non-hydrogen) atoms. The highest BCUT2D eigenvalue weighted by atomic mass is 79.9. The first kappa shape index (κ1) is 13.4. The summed E-state index contributed by atoms with van der Waals surface area (Å²) in [5.74, 6) is 1.86. The Morgan fingerprint density at radius 3 is 2.70 bits per heavy atom. The lowest BCUT2D eigenvalue weighted by Crippen LogP contribution is -2.37. The van der Waals surface area contributed by atoms with Crippen molar-refractivity contribution in [2.24, 2.45) is 0 Å². The number of rotatable bonds is 2. The molecule has 0 radical (unpaired) electrons. The molecule has 1 fully saturated rings. The molecule has 0 spiro atoms. The van der Waals surface area contributed by atoms with Gasteiger partial charge in [0.1, 0.15) is 0 Å². The van der Waals surface area contributed by atoms with Crippen LogP contribution in [0.4, 0.5) is 0 Å². The molecular formula is C13H14BrN3O3. The summed E-state index contributed by atoms with van der Waals surface area (Å²) in [6, 6.07) is 3.40. The van der Waals surface area contributed by atoms with Crippen LogP contribution >= 0.6 is 15.9 Å². The van der Waals surface area contributed by atoms with E-state index < -0.39 is 0 Å². The standard InChI is InChI=1S/C13H14BrN3O3/c1-8-15-12(20-16-8)9-4-6-17(7-5-9)13(18)10-2-3-11(14)19-10/h2-3,9H,4-7H2,1H3. The number of likely N-dealkylation sites (tertiary alicyclic amines) is 1. The van der Waals surface area contributed by atoms with Crippen LogP contribution in [-0.4, -0.2) is 34.0 Å². The Balaban J connectivity index is 1.62. The number of piperidine rings is 1. The van der Waals surface area contributed by atoms with Crippen molar-refractivity contribution in [3.05, 3.63) is 34.3 Å². The van der Waals surface area contributed by atoms with Crippen molar-refractivity contribution in [2.75, 3.05) is 13.1 Å². The zero-order chi connectivity index (χ0) is 14.1. The van der Waals surface area contributed by atoms with Crippen molar-refractivity contribution in [1.29, 1.82) is 0 Å². The first-order valence-corrected chi connectivity index (χ1v) is 7.27. The maximum Gasteiger partial charge on any atom is 0.289 e. The summed E-state index contributed by atoms with van der Waals surface area (Å²) in [4.78, 5) is 18.3. The predicted octanol–water partition coefficient (Wildman–Crippen LogP) is 2.75. The van der Waals surface area contributed by atoms with Crippen LogP contribution in [0, 0.1) is 6.92 Å². The molecule has 0 saturated carbocycles. The van der Waals surface area contributed by atoms with Crippen molar-refractivity contribution >= 4 is 21.8 Å². The van der Waals surface area contributed by atoms with Gasteiger partial charge < -0.3 is 13.8 Å². The third kappa shape index (κ3) is 2.63. The van der Waals surface area contributed by atoms with Crippen LogP contribution in [0.1, 0.15) is 41.0 Å². The van der Waals surface area contributed by atoms with Crippen LogP contribution in [0.5, 0.6) is 0 Å². The summed E-state index contributed by atoms with van der Waals surface area (Å²) in [6.45, 7) is 3.15. The lowest BCUT2D eigenvalue weighted by molar-refractivity contribution is 0.0671. The Hall–Kier alpha value is -1.63. The molecular weight excluding hydrogens is 326 g/mol. The van der Waals surface area contributed by atoms with Gasteiger partial charge in [-0.2, -0.15) is 4.98 Å². The summed E-state index contributed by atoms with van der Waals surface area (Å²) >= 11 is 3.20. The summed E-state index contributed by atoms with van der Waals surface area (Å²) in [5.41, 5.74) is 0. The zero-order valence-electron chi connectivity index (χ0n) is 11.0. The molecule has 1 amide bonds. The minimum absolute atomic E-state index is 0.0733. The Bertz CT molecular complexity index is 614.